The number of carbonyl (C=O) groups excluding carboxylic acids is 1. The summed E-state index contributed by atoms with van der Waals surface area (Å²) in [5.41, 5.74) is 2.05. The van der Waals surface area contributed by atoms with Gasteiger partial charge in [-0.3, -0.25) is 10.1 Å². The predicted octanol–water partition coefficient (Wildman–Crippen LogP) is 1.15. The lowest BCUT2D eigenvalue weighted by Crippen LogP contribution is -2.48. The highest BCUT2D eigenvalue weighted by Gasteiger charge is 2.27. The number of H-pyrrole nitrogens is 1. The first-order chi connectivity index (χ1) is 9.78. The Morgan fingerprint density at radius 2 is 2.50 bits per heavy atom. The molecule has 2 unspecified atom stereocenters. The summed E-state index contributed by atoms with van der Waals surface area (Å²) in [7, 11) is 0. The summed E-state index contributed by atoms with van der Waals surface area (Å²) >= 11 is 1.57. The molecule has 1 amide bonds. The molecule has 0 bridgehead atoms. The number of carbonyl (C=O) groups is 1. The fourth-order valence-electron chi connectivity index (χ4n) is 2.37. The van der Waals surface area contributed by atoms with Crippen LogP contribution in [0.25, 0.3) is 0 Å². The quantitative estimate of drug-likeness (QED) is 0.789. The first-order valence-corrected chi connectivity index (χ1v) is 7.60. The molecule has 0 aliphatic carbocycles. The van der Waals surface area contributed by atoms with E-state index in [0.717, 1.165) is 22.8 Å². The largest absolute Gasteiger partial charge is 0.347 e. The summed E-state index contributed by atoms with van der Waals surface area (Å²) in [5, 5.41) is 9.19. The van der Waals surface area contributed by atoms with Crippen molar-refractivity contribution in [3.8, 4) is 0 Å². The van der Waals surface area contributed by atoms with Crippen LogP contribution < -0.4 is 10.6 Å². The molecule has 6 nitrogen and oxygen atoms in total. The maximum atomic E-state index is 12.4. The summed E-state index contributed by atoms with van der Waals surface area (Å²) in [6.45, 7) is 2.70. The highest BCUT2D eigenvalue weighted by atomic mass is 32.1. The van der Waals surface area contributed by atoms with Crippen LogP contribution in [0.15, 0.2) is 17.9 Å². The average molecular weight is 291 g/mol. The Bertz CT molecular complexity index is 579. The minimum Gasteiger partial charge on any atom is -0.347 e. The molecule has 2 aromatic heterocycles. The minimum atomic E-state index is -0.222. The third-order valence-corrected chi connectivity index (χ3v) is 4.41. The number of hydrogen-bond acceptors (Lipinski definition) is 5. The van der Waals surface area contributed by atoms with Gasteiger partial charge in [-0.25, -0.2) is 9.97 Å². The third kappa shape index (κ3) is 2.59. The normalized spacial score (nSPS) is 19.4. The van der Waals surface area contributed by atoms with Crippen LogP contribution in [-0.2, 0) is 17.8 Å². The van der Waals surface area contributed by atoms with Crippen LogP contribution in [0.1, 0.15) is 35.8 Å². The van der Waals surface area contributed by atoms with Gasteiger partial charge < -0.3 is 10.3 Å². The number of aromatic amines is 1. The van der Waals surface area contributed by atoms with Gasteiger partial charge in [0, 0.05) is 24.5 Å². The monoisotopic (exact) mass is 291 g/mol. The fraction of sp³-hybridized carbons (Fsp3) is 0.462. The van der Waals surface area contributed by atoms with E-state index in [1.165, 1.54) is 0 Å². The number of amides is 1. The highest BCUT2D eigenvalue weighted by Crippen LogP contribution is 2.19. The van der Waals surface area contributed by atoms with E-state index >= 15 is 0 Å². The summed E-state index contributed by atoms with van der Waals surface area (Å²) in [5.74, 6) is 0.0145. The lowest BCUT2D eigenvalue weighted by Gasteiger charge is -2.24. The van der Waals surface area contributed by atoms with Gasteiger partial charge in [0.25, 0.3) is 0 Å². The van der Waals surface area contributed by atoms with Crippen LogP contribution in [0.5, 0.6) is 0 Å². The van der Waals surface area contributed by atoms with Crippen molar-refractivity contribution in [2.75, 3.05) is 0 Å². The van der Waals surface area contributed by atoms with Crippen LogP contribution in [-0.4, -0.2) is 26.9 Å². The first kappa shape index (κ1) is 13.3. The van der Waals surface area contributed by atoms with Crippen LogP contribution >= 0.6 is 11.3 Å². The summed E-state index contributed by atoms with van der Waals surface area (Å²) in [6.07, 6.45) is 4.90. The Kier molecular flexibility index (Phi) is 3.79. The maximum absolute atomic E-state index is 12.4. The molecule has 20 heavy (non-hydrogen) atoms. The molecular weight excluding hydrogens is 274 g/mol. The SMILES string of the molecule is CCC(NC(=O)C1Cc2nc[nH]c2CN1)c1nccs1. The van der Waals surface area contributed by atoms with Gasteiger partial charge in [0.15, 0.2) is 0 Å². The fourth-order valence-corrected chi connectivity index (χ4v) is 3.14. The zero-order valence-corrected chi connectivity index (χ0v) is 12.0. The van der Waals surface area contributed by atoms with Crippen molar-refractivity contribution in [1.82, 2.24) is 25.6 Å². The molecule has 0 radical (unpaired) electrons. The van der Waals surface area contributed by atoms with Gasteiger partial charge in [-0.15, -0.1) is 11.3 Å². The summed E-state index contributed by atoms with van der Waals surface area (Å²) in [6, 6.07) is -0.232. The Labute approximate surface area is 121 Å². The van der Waals surface area contributed by atoms with E-state index in [4.69, 9.17) is 0 Å². The van der Waals surface area contributed by atoms with Crippen LogP contribution in [0.4, 0.5) is 0 Å². The smallest absolute Gasteiger partial charge is 0.238 e. The van der Waals surface area contributed by atoms with E-state index < -0.39 is 0 Å². The molecule has 0 fully saturated rings. The van der Waals surface area contributed by atoms with Crippen LogP contribution in [0.2, 0.25) is 0 Å². The molecule has 106 valence electrons. The molecule has 3 rings (SSSR count). The highest BCUT2D eigenvalue weighted by molar-refractivity contribution is 7.09. The molecule has 3 N–H and O–H groups in total. The van der Waals surface area contributed by atoms with Gasteiger partial charge in [0.05, 0.1) is 29.8 Å². The molecule has 1 aliphatic heterocycles. The molecule has 0 saturated heterocycles. The standard InChI is InChI=1S/C13H17N5OS/c1-2-8(13-14-3-4-20-13)18-12(19)10-5-9-11(6-15-10)17-7-16-9/h3-4,7-8,10,15H,2,5-6H2,1H3,(H,16,17)(H,18,19). The first-order valence-electron chi connectivity index (χ1n) is 6.72. The lowest BCUT2D eigenvalue weighted by atomic mass is 10.0. The zero-order chi connectivity index (χ0) is 13.9. The Balaban J connectivity index is 1.65. The molecule has 3 heterocycles. The molecule has 0 aromatic carbocycles. The predicted molar refractivity (Wildman–Crippen MR) is 76.2 cm³/mol. The molecule has 2 aromatic rings. The Morgan fingerprint density at radius 3 is 3.25 bits per heavy atom. The van der Waals surface area contributed by atoms with E-state index in [1.807, 2.05) is 12.3 Å². The molecule has 0 saturated carbocycles. The number of thiazole rings is 1. The van der Waals surface area contributed by atoms with Crippen molar-refractivity contribution in [2.24, 2.45) is 0 Å². The second kappa shape index (κ2) is 5.72. The van der Waals surface area contributed by atoms with Gasteiger partial charge >= 0.3 is 0 Å². The average Bonchev–Trinajstić information content (AvgIpc) is 3.14. The molecule has 7 heteroatoms. The molecule has 2 atom stereocenters. The van der Waals surface area contributed by atoms with Crippen molar-refractivity contribution in [3.63, 3.8) is 0 Å². The lowest BCUT2D eigenvalue weighted by molar-refractivity contribution is -0.124. The number of hydrogen-bond donors (Lipinski definition) is 3. The topological polar surface area (TPSA) is 82.7 Å². The van der Waals surface area contributed by atoms with Crippen molar-refractivity contribution >= 4 is 17.2 Å². The van der Waals surface area contributed by atoms with E-state index in [0.29, 0.717) is 13.0 Å². The number of aromatic nitrogens is 3. The zero-order valence-electron chi connectivity index (χ0n) is 11.2. The van der Waals surface area contributed by atoms with E-state index in [-0.39, 0.29) is 18.0 Å². The maximum Gasteiger partial charge on any atom is 0.238 e. The molecule has 1 aliphatic rings. The van der Waals surface area contributed by atoms with Crippen molar-refractivity contribution < 1.29 is 4.79 Å². The van der Waals surface area contributed by atoms with E-state index in [9.17, 15) is 4.79 Å². The van der Waals surface area contributed by atoms with Crippen LogP contribution in [0, 0.1) is 0 Å². The molecular formula is C13H17N5OS. The summed E-state index contributed by atoms with van der Waals surface area (Å²) in [4.78, 5) is 24.0. The van der Waals surface area contributed by atoms with Gasteiger partial charge in [-0.2, -0.15) is 0 Å². The minimum absolute atomic E-state index is 0.00937. The van der Waals surface area contributed by atoms with Crippen molar-refractivity contribution in [3.05, 3.63) is 34.3 Å². The Hall–Kier alpha value is -1.73. The van der Waals surface area contributed by atoms with Crippen molar-refractivity contribution in [2.45, 2.75) is 38.4 Å². The van der Waals surface area contributed by atoms with E-state index in [1.54, 1.807) is 23.9 Å². The van der Waals surface area contributed by atoms with Crippen LogP contribution in [0.3, 0.4) is 0 Å². The van der Waals surface area contributed by atoms with Crippen molar-refractivity contribution in [1.29, 1.82) is 0 Å². The third-order valence-electron chi connectivity index (χ3n) is 3.52. The Morgan fingerprint density at radius 1 is 1.60 bits per heavy atom. The molecule has 0 spiro atoms. The van der Waals surface area contributed by atoms with Gasteiger partial charge in [-0.05, 0) is 6.42 Å². The summed E-state index contributed by atoms with van der Waals surface area (Å²) < 4.78 is 0. The van der Waals surface area contributed by atoms with E-state index in [2.05, 4.69) is 25.6 Å². The van der Waals surface area contributed by atoms with Gasteiger partial charge in [-0.1, -0.05) is 6.92 Å². The van der Waals surface area contributed by atoms with Gasteiger partial charge in [0.1, 0.15) is 5.01 Å². The number of fused-ring (bicyclic) bond motifs is 1. The second-order valence-electron chi connectivity index (χ2n) is 4.81. The number of rotatable bonds is 4. The number of imidazole rings is 1. The number of nitrogens with zero attached hydrogens (tertiary/aromatic N) is 2. The van der Waals surface area contributed by atoms with Gasteiger partial charge in [0.2, 0.25) is 5.91 Å². The number of nitrogens with one attached hydrogen (secondary N) is 3. The second-order valence-corrected chi connectivity index (χ2v) is 5.73.